The molecule has 0 aliphatic rings. The summed E-state index contributed by atoms with van der Waals surface area (Å²) in [4.78, 5) is -0.469. The first-order chi connectivity index (χ1) is 23.2. The minimum absolute atomic E-state index is 0.0254. The lowest BCUT2D eigenvalue weighted by atomic mass is 10.3. The summed E-state index contributed by atoms with van der Waals surface area (Å²) in [7, 11) is -13.3. The Kier molecular flexibility index (Phi) is 8.71. The van der Waals surface area contributed by atoms with E-state index in [0.717, 1.165) is 24.3 Å². The fraction of sp³-hybridized carbons (Fsp3) is 0. The smallest absolute Gasteiger partial charge is 0.373 e. The molecule has 6 rings (SSSR count). The Morgan fingerprint density at radius 1 is 0.571 bits per heavy atom. The molecule has 49 heavy (non-hydrogen) atoms. The first kappa shape index (κ1) is 33.7. The highest BCUT2D eigenvalue weighted by molar-refractivity contribution is 7.93. The average molecular weight is 766 g/mol. The van der Waals surface area contributed by atoms with Gasteiger partial charge in [0.1, 0.15) is 0 Å². The quantitative estimate of drug-likeness (QED) is 0.191. The Labute approximate surface area is 287 Å². The van der Waals surface area contributed by atoms with Crippen molar-refractivity contribution in [1.82, 2.24) is 10.5 Å². The molecule has 21 heteroatoms. The van der Waals surface area contributed by atoms with Crippen molar-refractivity contribution in [2.24, 2.45) is 0 Å². The number of benzene rings is 4. The van der Waals surface area contributed by atoms with E-state index in [1.807, 2.05) is 0 Å². The zero-order valence-corrected chi connectivity index (χ0v) is 28.1. The van der Waals surface area contributed by atoms with Gasteiger partial charge in [0.2, 0.25) is 21.2 Å². The Morgan fingerprint density at radius 3 is 1.29 bits per heavy atom. The highest BCUT2D eigenvalue weighted by atomic mass is 35.5. The normalized spacial score (nSPS) is 12.1. The van der Waals surface area contributed by atoms with Crippen molar-refractivity contribution in [3.63, 3.8) is 0 Å². The summed E-state index contributed by atoms with van der Waals surface area (Å²) in [6.07, 6.45) is 0. The summed E-state index contributed by atoms with van der Waals surface area (Å²) < 4.78 is 94.1. The Balaban J connectivity index is 1.26. The van der Waals surface area contributed by atoms with Crippen LogP contribution >= 0.6 is 23.2 Å². The highest BCUT2D eigenvalue weighted by Crippen LogP contribution is 2.26. The summed E-state index contributed by atoms with van der Waals surface area (Å²) in [6, 6.07) is 20.9. The van der Waals surface area contributed by atoms with Crippen LogP contribution < -0.4 is 29.0 Å². The third-order valence-corrected chi connectivity index (χ3v) is 11.6. The molecule has 2 aromatic heterocycles. The van der Waals surface area contributed by atoms with Gasteiger partial charge in [-0.1, -0.05) is 35.3 Å². The number of nitrogens with zero attached hydrogens (tertiary/aromatic N) is 4. The molecule has 252 valence electrons. The molecule has 0 amide bonds. The monoisotopic (exact) mass is 764 g/mol. The van der Waals surface area contributed by atoms with E-state index < -0.39 is 51.8 Å². The van der Waals surface area contributed by atoms with Gasteiger partial charge in [-0.25, -0.2) is 8.42 Å². The molecule has 0 spiro atoms. The van der Waals surface area contributed by atoms with Crippen molar-refractivity contribution >= 4 is 64.5 Å². The molecule has 2 N–H and O–H groups in total. The predicted molar refractivity (Wildman–Crippen MR) is 165 cm³/mol. The standard InChI is InChI=1S/C28H18Cl2N6O10S3/c29-17-3-1-5-19(15-17)31-48(41,42)25-27(37)45-33-35(25)21-7-11-23(12-8-21)47(39,40)24-13-9-22(10-14-24)36-26(28(38)46-34-36)49(43,44)32-20-6-2-4-18(30)16-20/h1-16,31-32H. The molecule has 4 aromatic carbocycles. The van der Waals surface area contributed by atoms with Crippen LogP contribution in [0, 0.1) is 0 Å². The third kappa shape index (κ3) is 6.74. The molecule has 0 aliphatic heterocycles. The highest BCUT2D eigenvalue weighted by Gasteiger charge is 2.35. The van der Waals surface area contributed by atoms with Gasteiger partial charge in [0, 0.05) is 34.3 Å². The molecule has 0 bridgehead atoms. The maximum Gasteiger partial charge on any atom is 0.373 e. The second kappa shape index (κ2) is 12.7. The van der Waals surface area contributed by atoms with Crippen LogP contribution in [0.25, 0.3) is 11.4 Å². The number of sulfone groups is 1. The number of sulfonamides is 2. The first-order valence-electron chi connectivity index (χ1n) is 13.4. The van der Waals surface area contributed by atoms with E-state index in [4.69, 9.17) is 23.2 Å². The van der Waals surface area contributed by atoms with Gasteiger partial charge in [0.25, 0.3) is 0 Å². The van der Waals surface area contributed by atoms with Gasteiger partial charge in [-0.05, 0) is 70.0 Å². The maximum absolute atomic E-state index is 13.4. The van der Waals surface area contributed by atoms with Gasteiger partial charge in [-0.2, -0.15) is 16.8 Å². The molecule has 0 aliphatic carbocycles. The molecule has 0 saturated heterocycles. The van der Waals surface area contributed by atoms with E-state index in [9.17, 15) is 35.5 Å². The number of anilines is 2. The third-order valence-electron chi connectivity index (χ3n) is 6.59. The predicted octanol–water partition coefficient (Wildman–Crippen LogP) is 2.10. The largest absolute Gasteiger partial charge is 0.538 e. The zero-order valence-electron chi connectivity index (χ0n) is 24.1. The fourth-order valence-electron chi connectivity index (χ4n) is 4.44. The van der Waals surface area contributed by atoms with Crippen LogP contribution in [0.1, 0.15) is 0 Å². The second-order valence-electron chi connectivity index (χ2n) is 9.88. The van der Waals surface area contributed by atoms with E-state index in [1.54, 1.807) is 0 Å². The minimum atomic E-state index is -4.55. The van der Waals surface area contributed by atoms with Gasteiger partial charge >= 0.3 is 30.1 Å². The van der Waals surface area contributed by atoms with Crippen molar-refractivity contribution < 1.29 is 53.9 Å². The molecular weight excluding hydrogens is 747 g/mol. The summed E-state index contributed by atoms with van der Waals surface area (Å²) in [5.41, 5.74) is 0.0781. The Bertz CT molecular complexity index is 2370. The molecule has 2 heterocycles. The topological polar surface area (TPSA) is 232 Å². The van der Waals surface area contributed by atoms with Gasteiger partial charge in [-0.15, -0.1) is 0 Å². The first-order valence-corrected chi connectivity index (χ1v) is 18.6. The molecule has 0 atom stereocenters. The van der Waals surface area contributed by atoms with E-state index in [-0.39, 0.29) is 42.6 Å². The van der Waals surface area contributed by atoms with Crippen LogP contribution in [0.4, 0.5) is 11.4 Å². The van der Waals surface area contributed by atoms with Gasteiger partial charge in [-0.3, -0.25) is 9.44 Å². The summed E-state index contributed by atoms with van der Waals surface area (Å²) in [5, 5.41) is 30.4. The molecule has 0 saturated carbocycles. The lowest BCUT2D eigenvalue weighted by Gasteiger charge is -2.07. The number of nitrogens with one attached hydrogen (secondary N) is 2. The van der Waals surface area contributed by atoms with E-state index in [0.29, 0.717) is 9.36 Å². The molecule has 16 nitrogen and oxygen atoms in total. The summed E-state index contributed by atoms with van der Waals surface area (Å²) in [6.45, 7) is 0. The number of hydrogen-bond acceptors (Lipinski definition) is 12. The van der Waals surface area contributed by atoms with Crippen molar-refractivity contribution in [3.05, 3.63) is 107 Å². The summed E-state index contributed by atoms with van der Waals surface area (Å²) in [5.74, 6) is -2.56. The van der Waals surface area contributed by atoms with Crippen molar-refractivity contribution in [1.29, 1.82) is 0 Å². The Hall–Kier alpha value is -5.21. The average Bonchev–Trinajstić information content (AvgIpc) is 3.64. The molecule has 0 unspecified atom stereocenters. The molecule has 0 radical (unpaired) electrons. The Morgan fingerprint density at radius 2 is 0.939 bits per heavy atom. The number of hydrogen-bond donors (Lipinski definition) is 2. The number of aromatic nitrogens is 4. The minimum Gasteiger partial charge on any atom is -0.538 e. The molecule has 0 fully saturated rings. The number of rotatable bonds is 10. The van der Waals surface area contributed by atoms with Crippen LogP contribution in [0.15, 0.2) is 126 Å². The van der Waals surface area contributed by atoms with E-state index in [2.05, 4.69) is 29.0 Å². The van der Waals surface area contributed by atoms with E-state index in [1.165, 1.54) is 72.8 Å². The van der Waals surface area contributed by atoms with Crippen LogP contribution in [0.2, 0.25) is 10.0 Å². The van der Waals surface area contributed by atoms with Crippen LogP contribution in [-0.4, -0.2) is 35.8 Å². The lowest BCUT2D eigenvalue weighted by molar-refractivity contribution is -0.706. The van der Waals surface area contributed by atoms with Crippen molar-refractivity contribution in [2.45, 2.75) is 19.8 Å². The second-order valence-corrected chi connectivity index (χ2v) is 15.9. The number of halogens is 2. The van der Waals surface area contributed by atoms with Crippen LogP contribution in [0.3, 0.4) is 0 Å². The van der Waals surface area contributed by atoms with Gasteiger partial charge in [0.15, 0.2) is 11.9 Å². The maximum atomic E-state index is 13.4. The van der Waals surface area contributed by atoms with E-state index >= 15 is 0 Å². The van der Waals surface area contributed by atoms with Crippen LogP contribution in [-0.2, 0) is 29.9 Å². The van der Waals surface area contributed by atoms with Crippen molar-refractivity contribution in [3.8, 4) is 23.3 Å². The SMILES string of the molecule is O=S(=O)(Nc1cccc(Cl)c1)c1c([O-])on[n+]1-c1ccc(S(=O)(=O)c2ccc(-[n+]3noc([O-])c3S(=O)(=O)Nc3cccc(Cl)c3)cc2)cc1. The zero-order chi connectivity index (χ0) is 35.1. The lowest BCUT2D eigenvalue weighted by Crippen LogP contribution is -2.40. The van der Waals surface area contributed by atoms with Gasteiger partial charge < -0.3 is 19.3 Å². The molecule has 6 aromatic rings. The summed E-state index contributed by atoms with van der Waals surface area (Å²) >= 11 is 11.8. The molecular formula is C28H18Cl2N6O10S3. The van der Waals surface area contributed by atoms with Gasteiger partial charge in [0.05, 0.1) is 31.7 Å². The van der Waals surface area contributed by atoms with Crippen LogP contribution in [0.5, 0.6) is 11.9 Å². The fourth-order valence-corrected chi connectivity index (χ4v) is 8.39. The van der Waals surface area contributed by atoms with Crippen molar-refractivity contribution in [2.75, 3.05) is 9.44 Å².